The minimum absolute atomic E-state index is 0.591. The lowest BCUT2D eigenvalue weighted by molar-refractivity contribution is -0.919. The maximum absolute atomic E-state index is 2.58. The average Bonchev–Trinajstić information content (AvgIpc) is 2.51. The van der Waals surface area contributed by atoms with Crippen molar-refractivity contribution in [3.05, 3.63) is 0 Å². The highest BCUT2D eigenvalue weighted by Gasteiger charge is 2.51. The zero-order chi connectivity index (χ0) is 16.6. The fourth-order valence-electron chi connectivity index (χ4n) is 5.88. The predicted molar refractivity (Wildman–Crippen MR) is 99.3 cm³/mol. The predicted octanol–water partition coefficient (Wildman–Crippen LogP) is 4.30. The monoisotopic (exact) mass is 322 g/mol. The summed E-state index contributed by atoms with van der Waals surface area (Å²) in [5.74, 6) is 1.96. The minimum Gasteiger partial charge on any atom is -0.326 e. The highest BCUT2D eigenvalue weighted by Crippen LogP contribution is 2.54. The van der Waals surface area contributed by atoms with Crippen LogP contribution in [0.15, 0.2) is 0 Å². The van der Waals surface area contributed by atoms with Crippen molar-refractivity contribution in [2.24, 2.45) is 17.3 Å². The maximum Gasteiger partial charge on any atom is 0.0818 e. The second-order valence-electron chi connectivity index (χ2n) is 10.4. The molecule has 0 aromatic heterocycles. The van der Waals surface area contributed by atoms with Crippen LogP contribution in [0, 0.1) is 17.3 Å². The largest absolute Gasteiger partial charge is 0.326 e. The van der Waals surface area contributed by atoms with E-state index in [4.69, 9.17) is 0 Å². The smallest absolute Gasteiger partial charge is 0.0818 e. The lowest BCUT2D eigenvalue weighted by Gasteiger charge is -2.55. The molecule has 2 atom stereocenters. The molecule has 2 aliphatic heterocycles. The summed E-state index contributed by atoms with van der Waals surface area (Å²) in [5, 5.41) is 0. The molecule has 23 heavy (non-hydrogen) atoms. The summed E-state index contributed by atoms with van der Waals surface area (Å²) in [5.41, 5.74) is 0.591. The van der Waals surface area contributed by atoms with Crippen LogP contribution >= 0.6 is 0 Å². The normalized spacial score (nSPS) is 35.5. The Balaban J connectivity index is 1.48. The SMILES string of the molecule is CC1(C)[C@@H](C[N+]2(C)CCCCC2)C[C@@H]1CC[N+]1(C)CCCCC1. The molecule has 3 aliphatic rings. The lowest BCUT2D eigenvalue weighted by Crippen LogP contribution is -2.58. The van der Waals surface area contributed by atoms with Gasteiger partial charge in [-0.3, -0.25) is 0 Å². The molecule has 0 bridgehead atoms. The molecule has 0 N–H and O–H groups in total. The molecular weight excluding hydrogens is 280 g/mol. The summed E-state index contributed by atoms with van der Waals surface area (Å²) < 4.78 is 2.74. The zero-order valence-electron chi connectivity index (χ0n) is 16.4. The molecule has 0 spiro atoms. The maximum atomic E-state index is 2.58. The molecule has 0 aromatic carbocycles. The van der Waals surface area contributed by atoms with Crippen LogP contribution in [-0.2, 0) is 0 Å². The Bertz CT molecular complexity index is 389. The van der Waals surface area contributed by atoms with Crippen molar-refractivity contribution in [3.63, 3.8) is 0 Å². The molecule has 0 amide bonds. The third-order valence-corrected chi connectivity index (χ3v) is 8.14. The number of quaternary nitrogens is 2. The van der Waals surface area contributed by atoms with Crippen LogP contribution < -0.4 is 0 Å². The number of nitrogens with zero attached hydrogens (tertiary/aromatic N) is 2. The van der Waals surface area contributed by atoms with Crippen molar-refractivity contribution in [2.45, 2.75) is 65.2 Å². The molecule has 1 saturated carbocycles. The van der Waals surface area contributed by atoms with E-state index in [0.717, 1.165) is 11.8 Å². The van der Waals surface area contributed by atoms with E-state index >= 15 is 0 Å². The van der Waals surface area contributed by atoms with Crippen LogP contribution in [0.5, 0.6) is 0 Å². The Hall–Kier alpha value is -0.0800. The number of piperidine rings is 2. The van der Waals surface area contributed by atoms with Crippen LogP contribution in [0.1, 0.15) is 65.2 Å². The van der Waals surface area contributed by atoms with Crippen molar-refractivity contribution in [1.82, 2.24) is 0 Å². The second-order valence-corrected chi connectivity index (χ2v) is 10.4. The molecule has 1 aliphatic carbocycles. The summed E-state index contributed by atoms with van der Waals surface area (Å²) in [6.07, 6.45) is 11.8. The number of hydrogen-bond donors (Lipinski definition) is 0. The van der Waals surface area contributed by atoms with Crippen molar-refractivity contribution >= 4 is 0 Å². The summed E-state index contributed by atoms with van der Waals surface area (Å²) >= 11 is 0. The van der Waals surface area contributed by atoms with Gasteiger partial charge in [0.15, 0.2) is 0 Å². The van der Waals surface area contributed by atoms with Gasteiger partial charge in [0.2, 0.25) is 0 Å². The molecule has 2 heterocycles. The van der Waals surface area contributed by atoms with E-state index < -0.39 is 0 Å². The quantitative estimate of drug-likeness (QED) is 0.662. The van der Waals surface area contributed by atoms with Gasteiger partial charge in [-0.15, -0.1) is 0 Å². The second kappa shape index (κ2) is 6.67. The first-order valence-corrected chi connectivity index (χ1v) is 10.5. The van der Waals surface area contributed by atoms with Crippen LogP contribution in [0.25, 0.3) is 0 Å². The zero-order valence-corrected chi connectivity index (χ0v) is 16.4. The Morgan fingerprint density at radius 2 is 1.26 bits per heavy atom. The first-order valence-electron chi connectivity index (χ1n) is 10.5. The highest BCUT2D eigenvalue weighted by atomic mass is 15.3. The average molecular weight is 323 g/mol. The fraction of sp³-hybridized carbons (Fsp3) is 1.00. The number of likely N-dealkylation sites (tertiary alicyclic amines) is 2. The summed E-state index contributed by atoms with van der Waals surface area (Å²) in [6.45, 7) is 13.8. The van der Waals surface area contributed by atoms with E-state index in [1.165, 1.54) is 99.6 Å². The fourth-order valence-corrected chi connectivity index (χ4v) is 5.88. The topological polar surface area (TPSA) is 0 Å². The van der Waals surface area contributed by atoms with Crippen molar-refractivity contribution < 1.29 is 8.97 Å². The van der Waals surface area contributed by atoms with Gasteiger partial charge in [0, 0.05) is 5.92 Å². The van der Waals surface area contributed by atoms with Crippen LogP contribution in [0.3, 0.4) is 0 Å². The Labute approximate surface area is 145 Å². The number of rotatable bonds is 5. The van der Waals surface area contributed by atoms with Crippen molar-refractivity contribution in [2.75, 3.05) is 53.4 Å². The van der Waals surface area contributed by atoms with Gasteiger partial charge in [-0.05, 0) is 62.7 Å². The van der Waals surface area contributed by atoms with E-state index in [9.17, 15) is 0 Å². The van der Waals surface area contributed by atoms with Crippen molar-refractivity contribution in [3.8, 4) is 0 Å². The van der Waals surface area contributed by atoms with E-state index in [2.05, 4.69) is 27.9 Å². The highest BCUT2D eigenvalue weighted by molar-refractivity contribution is 4.96. The first kappa shape index (κ1) is 17.7. The Kier molecular flexibility index (Phi) is 5.14. The van der Waals surface area contributed by atoms with E-state index in [0.29, 0.717) is 5.41 Å². The molecule has 0 aromatic rings. The van der Waals surface area contributed by atoms with Gasteiger partial charge in [-0.25, -0.2) is 0 Å². The van der Waals surface area contributed by atoms with Gasteiger partial charge < -0.3 is 8.97 Å². The summed E-state index contributed by atoms with van der Waals surface area (Å²) in [4.78, 5) is 0. The molecular formula is C21H42N2+2. The van der Waals surface area contributed by atoms with E-state index in [1.54, 1.807) is 0 Å². The van der Waals surface area contributed by atoms with E-state index in [1.807, 2.05) is 0 Å². The lowest BCUT2D eigenvalue weighted by atomic mass is 9.53. The van der Waals surface area contributed by atoms with Gasteiger partial charge in [0.05, 0.1) is 53.4 Å². The summed E-state index contributed by atoms with van der Waals surface area (Å²) in [7, 11) is 5.05. The van der Waals surface area contributed by atoms with Gasteiger partial charge in [-0.2, -0.15) is 0 Å². The third kappa shape index (κ3) is 3.95. The molecule has 0 unspecified atom stereocenters. The Morgan fingerprint density at radius 1 is 0.739 bits per heavy atom. The van der Waals surface area contributed by atoms with Crippen LogP contribution in [0.2, 0.25) is 0 Å². The molecule has 2 nitrogen and oxygen atoms in total. The Morgan fingerprint density at radius 3 is 1.78 bits per heavy atom. The van der Waals surface area contributed by atoms with Gasteiger partial charge in [-0.1, -0.05) is 13.8 Å². The van der Waals surface area contributed by atoms with Crippen LogP contribution in [0.4, 0.5) is 0 Å². The molecule has 2 saturated heterocycles. The van der Waals surface area contributed by atoms with Gasteiger partial charge >= 0.3 is 0 Å². The molecule has 3 rings (SSSR count). The van der Waals surface area contributed by atoms with Crippen molar-refractivity contribution in [1.29, 1.82) is 0 Å². The first-order chi connectivity index (χ1) is 10.8. The molecule has 0 radical (unpaired) electrons. The number of hydrogen-bond acceptors (Lipinski definition) is 0. The molecule has 2 heteroatoms. The third-order valence-electron chi connectivity index (χ3n) is 8.14. The van der Waals surface area contributed by atoms with E-state index in [-0.39, 0.29) is 0 Å². The molecule has 3 fully saturated rings. The van der Waals surface area contributed by atoms with Gasteiger partial charge in [0.25, 0.3) is 0 Å². The standard InChI is InChI=1S/C21H42N2/c1-21(2)19(11-16-22(3)12-7-5-8-13-22)17-20(21)18-23(4)14-9-6-10-15-23/h19-20H,5-18H2,1-4H3/q+2/t19-,20+/m0/s1. The molecule has 134 valence electrons. The minimum atomic E-state index is 0.591. The summed E-state index contributed by atoms with van der Waals surface area (Å²) in [6, 6.07) is 0. The van der Waals surface area contributed by atoms with Gasteiger partial charge in [0.1, 0.15) is 0 Å². The van der Waals surface area contributed by atoms with Crippen LogP contribution in [-0.4, -0.2) is 62.3 Å².